The number of carbonyl (C=O) groups is 1. The van der Waals surface area contributed by atoms with E-state index in [0.717, 1.165) is 12.0 Å². The zero-order valence-electron chi connectivity index (χ0n) is 12.3. The molecule has 0 saturated heterocycles. The SMILES string of the molecule is CCC(CN)CC(=O)N(CC)Cc1ccccc1C#N. The van der Waals surface area contributed by atoms with Crippen LogP contribution in [0.3, 0.4) is 0 Å². The summed E-state index contributed by atoms with van der Waals surface area (Å²) < 4.78 is 0. The van der Waals surface area contributed by atoms with E-state index in [-0.39, 0.29) is 11.8 Å². The van der Waals surface area contributed by atoms with Gasteiger partial charge in [0, 0.05) is 19.5 Å². The molecule has 0 aromatic heterocycles. The number of nitriles is 1. The molecular formula is C16H23N3O. The third kappa shape index (κ3) is 4.36. The van der Waals surface area contributed by atoms with Gasteiger partial charge in [-0.05, 0) is 31.0 Å². The van der Waals surface area contributed by atoms with Crippen molar-refractivity contribution < 1.29 is 4.79 Å². The monoisotopic (exact) mass is 273 g/mol. The lowest BCUT2D eigenvalue weighted by molar-refractivity contribution is -0.132. The summed E-state index contributed by atoms with van der Waals surface area (Å²) in [5.74, 6) is 0.348. The average molecular weight is 273 g/mol. The van der Waals surface area contributed by atoms with Crippen LogP contribution < -0.4 is 5.73 Å². The number of hydrogen-bond donors (Lipinski definition) is 1. The van der Waals surface area contributed by atoms with E-state index in [2.05, 4.69) is 6.07 Å². The van der Waals surface area contributed by atoms with Gasteiger partial charge in [0.1, 0.15) is 0 Å². The number of benzene rings is 1. The molecule has 1 unspecified atom stereocenters. The van der Waals surface area contributed by atoms with Crippen molar-refractivity contribution in [1.82, 2.24) is 4.90 Å². The molecule has 4 nitrogen and oxygen atoms in total. The molecule has 0 bridgehead atoms. The van der Waals surface area contributed by atoms with Crippen LogP contribution in [0.15, 0.2) is 24.3 Å². The quantitative estimate of drug-likeness (QED) is 0.828. The Bertz CT molecular complexity index is 475. The van der Waals surface area contributed by atoms with Crippen LogP contribution >= 0.6 is 0 Å². The smallest absolute Gasteiger partial charge is 0.223 e. The number of amides is 1. The number of rotatable bonds is 7. The van der Waals surface area contributed by atoms with Gasteiger partial charge in [-0.2, -0.15) is 5.26 Å². The van der Waals surface area contributed by atoms with Gasteiger partial charge in [0.05, 0.1) is 11.6 Å². The van der Waals surface area contributed by atoms with E-state index in [1.807, 2.05) is 32.0 Å². The molecule has 1 aromatic carbocycles. The topological polar surface area (TPSA) is 70.1 Å². The highest BCUT2D eigenvalue weighted by molar-refractivity contribution is 5.76. The molecular weight excluding hydrogens is 250 g/mol. The predicted molar refractivity (Wildman–Crippen MR) is 79.7 cm³/mol. The van der Waals surface area contributed by atoms with Gasteiger partial charge in [0.15, 0.2) is 0 Å². The van der Waals surface area contributed by atoms with E-state index >= 15 is 0 Å². The standard InChI is InChI=1S/C16H23N3O/c1-3-13(10-17)9-16(20)19(4-2)12-15-8-6-5-7-14(15)11-18/h5-8,13H,3-4,9-10,12,17H2,1-2H3. The Morgan fingerprint density at radius 3 is 2.65 bits per heavy atom. The van der Waals surface area contributed by atoms with E-state index in [1.54, 1.807) is 11.0 Å². The maximum Gasteiger partial charge on any atom is 0.223 e. The van der Waals surface area contributed by atoms with Crippen LogP contribution in [0.4, 0.5) is 0 Å². The average Bonchev–Trinajstić information content (AvgIpc) is 2.50. The lowest BCUT2D eigenvalue weighted by atomic mass is 10.0. The van der Waals surface area contributed by atoms with Gasteiger partial charge in [0.2, 0.25) is 5.91 Å². The maximum atomic E-state index is 12.3. The summed E-state index contributed by atoms with van der Waals surface area (Å²) in [5.41, 5.74) is 7.18. The summed E-state index contributed by atoms with van der Waals surface area (Å²) in [6, 6.07) is 9.57. The van der Waals surface area contributed by atoms with Crippen LogP contribution in [0.25, 0.3) is 0 Å². The second-order valence-corrected chi connectivity index (χ2v) is 4.89. The summed E-state index contributed by atoms with van der Waals surface area (Å²) >= 11 is 0. The Morgan fingerprint density at radius 2 is 2.10 bits per heavy atom. The Labute approximate surface area is 121 Å². The van der Waals surface area contributed by atoms with Gasteiger partial charge in [-0.1, -0.05) is 31.5 Å². The minimum absolute atomic E-state index is 0.109. The molecule has 1 atom stereocenters. The zero-order chi connectivity index (χ0) is 15.0. The van der Waals surface area contributed by atoms with Gasteiger partial charge in [-0.3, -0.25) is 4.79 Å². The molecule has 108 valence electrons. The summed E-state index contributed by atoms with van der Waals surface area (Å²) in [5, 5.41) is 9.09. The highest BCUT2D eigenvalue weighted by Crippen LogP contribution is 2.14. The Balaban J connectivity index is 2.76. The van der Waals surface area contributed by atoms with Crippen molar-refractivity contribution in [3.63, 3.8) is 0 Å². The van der Waals surface area contributed by atoms with Crippen LogP contribution in [0.1, 0.15) is 37.8 Å². The third-order valence-corrected chi connectivity index (χ3v) is 3.61. The highest BCUT2D eigenvalue weighted by atomic mass is 16.2. The predicted octanol–water partition coefficient (Wildman–Crippen LogP) is 2.28. The fourth-order valence-electron chi connectivity index (χ4n) is 2.12. The summed E-state index contributed by atoms with van der Waals surface area (Å²) in [4.78, 5) is 14.1. The van der Waals surface area contributed by atoms with Crippen LogP contribution in [0, 0.1) is 17.2 Å². The largest absolute Gasteiger partial charge is 0.339 e. The molecule has 0 aliphatic carbocycles. The van der Waals surface area contributed by atoms with Gasteiger partial charge < -0.3 is 10.6 Å². The van der Waals surface area contributed by atoms with E-state index in [4.69, 9.17) is 11.0 Å². The summed E-state index contributed by atoms with van der Waals surface area (Å²) in [6.07, 6.45) is 1.39. The Kier molecular flexibility index (Phi) is 6.75. The Morgan fingerprint density at radius 1 is 1.40 bits per heavy atom. The minimum atomic E-state index is 0.109. The lowest BCUT2D eigenvalue weighted by Crippen LogP contribution is -2.33. The molecule has 0 aliphatic rings. The van der Waals surface area contributed by atoms with Crippen LogP contribution in [-0.4, -0.2) is 23.9 Å². The molecule has 1 amide bonds. The maximum absolute atomic E-state index is 12.3. The number of nitrogens with two attached hydrogens (primary N) is 1. The second kappa shape index (κ2) is 8.34. The fraction of sp³-hybridized carbons (Fsp3) is 0.500. The van der Waals surface area contributed by atoms with Gasteiger partial charge in [-0.15, -0.1) is 0 Å². The molecule has 0 radical (unpaired) electrons. The molecule has 1 rings (SSSR count). The number of carbonyl (C=O) groups excluding carboxylic acids is 1. The molecule has 0 aliphatic heterocycles. The molecule has 0 spiro atoms. The van der Waals surface area contributed by atoms with Crippen molar-refractivity contribution in [3.05, 3.63) is 35.4 Å². The first kappa shape index (κ1) is 16.2. The molecule has 2 N–H and O–H groups in total. The second-order valence-electron chi connectivity index (χ2n) is 4.89. The van der Waals surface area contributed by atoms with E-state index in [9.17, 15) is 4.79 Å². The molecule has 0 fully saturated rings. The normalized spacial score (nSPS) is 11.7. The molecule has 4 heteroatoms. The fourth-order valence-corrected chi connectivity index (χ4v) is 2.12. The minimum Gasteiger partial charge on any atom is -0.339 e. The van der Waals surface area contributed by atoms with Gasteiger partial charge >= 0.3 is 0 Å². The van der Waals surface area contributed by atoms with E-state index in [0.29, 0.717) is 31.6 Å². The highest BCUT2D eigenvalue weighted by Gasteiger charge is 2.17. The van der Waals surface area contributed by atoms with Crippen molar-refractivity contribution in [2.24, 2.45) is 11.7 Å². The van der Waals surface area contributed by atoms with E-state index < -0.39 is 0 Å². The van der Waals surface area contributed by atoms with Crippen LogP contribution in [-0.2, 0) is 11.3 Å². The molecule has 0 heterocycles. The number of nitrogens with zero attached hydrogens (tertiary/aromatic N) is 2. The van der Waals surface area contributed by atoms with Crippen molar-refractivity contribution >= 4 is 5.91 Å². The first-order chi connectivity index (χ1) is 9.65. The molecule has 1 aromatic rings. The molecule has 0 saturated carbocycles. The van der Waals surface area contributed by atoms with Crippen molar-refractivity contribution in [1.29, 1.82) is 5.26 Å². The van der Waals surface area contributed by atoms with Crippen molar-refractivity contribution in [3.8, 4) is 6.07 Å². The summed E-state index contributed by atoms with van der Waals surface area (Å²) in [7, 11) is 0. The van der Waals surface area contributed by atoms with Crippen LogP contribution in [0.5, 0.6) is 0 Å². The van der Waals surface area contributed by atoms with Crippen molar-refractivity contribution in [2.45, 2.75) is 33.2 Å². The van der Waals surface area contributed by atoms with Crippen LogP contribution in [0.2, 0.25) is 0 Å². The zero-order valence-corrected chi connectivity index (χ0v) is 12.3. The third-order valence-electron chi connectivity index (χ3n) is 3.61. The number of hydrogen-bond acceptors (Lipinski definition) is 3. The van der Waals surface area contributed by atoms with E-state index in [1.165, 1.54) is 0 Å². The summed E-state index contributed by atoms with van der Waals surface area (Å²) in [6.45, 7) is 5.66. The van der Waals surface area contributed by atoms with Gasteiger partial charge in [0.25, 0.3) is 0 Å². The van der Waals surface area contributed by atoms with Crippen molar-refractivity contribution in [2.75, 3.05) is 13.1 Å². The lowest BCUT2D eigenvalue weighted by Gasteiger charge is -2.23. The molecule has 20 heavy (non-hydrogen) atoms. The first-order valence-electron chi connectivity index (χ1n) is 7.12. The first-order valence-corrected chi connectivity index (χ1v) is 7.12. The Hall–Kier alpha value is -1.86. The van der Waals surface area contributed by atoms with Gasteiger partial charge in [-0.25, -0.2) is 0 Å².